The van der Waals surface area contributed by atoms with Crippen LogP contribution in [-0.2, 0) is 14.3 Å². The molecule has 0 spiro atoms. The zero-order chi connectivity index (χ0) is 13.1. The second-order valence-corrected chi connectivity index (χ2v) is 5.17. The molecule has 0 saturated heterocycles. The number of nitrogens with two attached hydrogens (primary N) is 1. The van der Waals surface area contributed by atoms with Crippen LogP contribution in [0.5, 0.6) is 0 Å². The highest BCUT2D eigenvalue weighted by molar-refractivity contribution is 5.80. The monoisotopic (exact) mass is 244 g/mol. The molecule has 0 bridgehead atoms. The predicted octanol–water partition coefficient (Wildman–Crippen LogP) is 0.280. The maximum absolute atomic E-state index is 11.2. The molecule has 1 rings (SSSR count). The number of carbonyl (C=O) groups excluding carboxylic acids is 1. The standard InChI is InChI=1S/C12H24N2O3/c1-5-17-9-6-8(10(9)16-4)14-7-12(2,3)11(13)15/h8-10,14H,5-7H2,1-4H3,(H2,13,15). The van der Waals surface area contributed by atoms with Gasteiger partial charge in [-0.1, -0.05) is 0 Å². The van der Waals surface area contributed by atoms with Crippen molar-refractivity contribution in [3.63, 3.8) is 0 Å². The van der Waals surface area contributed by atoms with Gasteiger partial charge in [-0.05, 0) is 27.2 Å². The van der Waals surface area contributed by atoms with Gasteiger partial charge in [0.2, 0.25) is 5.91 Å². The topological polar surface area (TPSA) is 73.6 Å². The third-order valence-corrected chi connectivity index (χ3v) is 3.38. The lowest BCUT2D eigenvalue weighted by atomic mass is 9.83. The van der Waals surface area contributed by atoms with Crippen LogP contribution < -0.4 is 11.1 Å². The Bertz CT molecular complexity index is 268. The van der Waals surface area contributed by atoms with Gasteiger partial charge in [-0.15, -0.1) is 0 Å². The molecule has 1 fully saturated rings. The van der Waals surface area contributed by atoms with E-state index in [1.165, 1.54) is 0 Å². The number of rotatable bonds is 7. The second kappa shape index (κ2) is 5.80. The number of hydrogen-bond donors (Lipinski definition) is 2. The van der Waals surface area contributed by atoms with Gasteiger partial charge in [0.05, 0.1) is 17.6 Å². The summed E-state index contributed by atoms with van der Waals surface area (Å²) in [5, 5.41) is 3.32. The SMILES string of the molecule is CCOC1CC(NCC(C)(C)C(N)=O)C1OC. The maximum Gasteiger partial charge on any atom is 0.224 e. The van der Waals surface area contributed by atoms with Gasteiger partial charge in [0.25, 0.3) is 0 Å². The molecule has 0 aliphatic heterocycles. The van der Waals surface area contributed by atoms with E-state index in [-0.39, 0.29) is 24.2 Å². The van der Waals surface area contributed by atoms with Gasteiger partial charge in [0.15, 0.2) is 0 Å². The summed E-state index contributed by atoms with van der Waals surface area (Å²) in [6.07, 6.45) is 1.15. The minimum absolute atomic E-state index is 0.0682. The van der Waals surface area contributed by atoms with Gasteiger partial charge in [-0.25, -0.2) is 0 Å². The van der Waals surface area contributed by atoms with Crippen molar-refractivity contribution in [1.29, 1.82) is 0 Å². The van der Waals surface area contributed by atoms with E-state index in [0.717, 1.165) is 6.42 Å². The van der Waals surface area contributed by atoms with Crippen LogP contribution in [0.4, 0.5) is 0 Å². The fourth-order valence-corrected chi connectivity index (χ4v) is 1.95. The van der Waals surface area contributed by atoms with Crippen LogP contribution in [0.2, 0.25) is 0 Å². The van der Waals surface area contributed by atoms with Gasteiger partial charge in [0, 0.05) is 26.3 Å². The molecule has 100 valence electrons. The Balaban J connectivity index is 2.37. The van der Waals surface area contributed by atoms with Gasteiger partial charge in [-0.2, -0.15) is 0 Å². The Morgan fingerprint density at radius 3 is 2.65 bits per heavy atom. The molecule has 1 amide bonds. The first-order chi connectivity index (χ1) is 7.92. The lowest BCUT2D eigenvalue weighted by Gasteiger charge is -2.44. The summed E-state index contributed by atoms with van der Waals surface area (Å²) in [6.45, 7) is 6.91. The molecule has 17 heavy (non-hydrogen) atoms. The van der Waals surface area contributed by atoms with Crippen LogP contribution in [0.3, 0.4) is 0 Å². The van der Waals surface area contributed by atoms with Gasteiger partial charge < -0.3 is 20.5 Å². The Morgan fingerprint density at radius 2 is 2.18 bits per heavy atom. The smallest absolute Gasteiger partial charge is 0.224 e. The van der Waals surface area contributed by atoms with E-state index < -0.39 is 5.41 Å². The second-order valence-electron chi connectivity index (χ2n) is 5.17. The van der Waals surface area contributed by atoms with Crippen molar-refractivity contribution in [1.82, 2.24) is 5.32 Å². The first-order valence-electron chi connectivity index (χ1n) is 6.10. The van der Waals surface area contributed by atoms with Gasteiger partial charge in [0.1, 0.15) is 0 Å². The zero-order valence-corrected chi connectivity index (χ0v) is 11.2. The number of nitrogens with one attached hydrogen (secondary N) is 1. The third-order valence-electron chi connectivity index (χ3n) is 3.38. The quantitative estimate of drug-likeness (QED) is 0.674. The van der Waals surface area contributed by atoms with Crippen LogP contribution in [0.15, 0.2) is 0 Å². The fourth-order valence-electron chi connectivity index (χ4n) is 1.95. The highest BCUT2D eigenvalue weighted by Crippen LogP contribution is 2.27. The molecule has 5 heteroatoms. The zero-order valence-electron chi connectivity index (χ0n) is 11.2. The largest absolute Gasteiger partial charge is 0.377 e. The first-order valence-corrected chi connectivity index (χ1v) is 6.10. The highest BCUT2D eigenvalue weighted by Gasteiger charge is 2.42. The van der Waals surface area contributed by atoms with E-state index in [9.17, 15) is 4.79 Å². The predicted molar refractivity (Wildman–Crippen MR) is 65.6 cm³/mol. The Labute approximate surface area is 103 Å². The Morgan fingerprint density at radius 1 is 1.53 bits per heavy atom. The fraction of sp³-hybridized carbons (Fsp3) is 0.917. The molecule has 3 atom stereocenters. The van der Waals surface area contributed by atoms with Crippen LogP contribution >= 0.6 is 0 Å². The molecule has 0 aromatic rings. The van der Waals surface area contributed by atoms with Crippen molar-refractivity contribution in [2.24, 2.45) is 11.1 Å². The lowest BCUT2D eigenvalue weighted by Crippen LogP contribution is -2.61. The molecule has 1 aliphatic carbocycles. The van der Waals surface area contributed by atoms with Crippen LogP contribution in [-0.4, -0.2) is 44.4 Å². The maximum atomic E-state index is 11.2. The summed E-state index contributed by atoms with van der Waals surface area (Å²) in [5.41, 5.74) is 4.79. The van der Waals surface area contributed by atoms with E-state index in [4.69, 9.17) is 15.2 Å². The Kier molecular flexibility index (Phi) is 4.91. The van der Waals surface area contributed by atoms with Crippen LogP contribution in [0.25, 0.3) is 0 Å². The van der Waals surface area contributed by atoms with E-state index in [1.807, 2.05) is 20.8 Å². The number of amides is 1. The molecular weight excluding hydrogens is 220 g/mol. The first kappa shape index (κ1) is 14.4. The number of primary amides is 1. The van der Waals surface area contributed by atoms with Crippen molar-refractivity contribution in [3.05, 3.63) is 0 Å². The molecule has 3 N–H and O–H groups in total. The number of methoxy groups -OCH3 is 1. The summed E-state index contributed by atoms with van der Waals surface area (Å²) in [4.78, 5) is 11.2. The minimum atomic E-state index is -0.533. The third kappa shape index (κ3) is 3.40. The molecule has 0 radical (unpaired) electrons. The highest BCUT2D eigenvalue weighted by atomic mass is 16.5. The van der Waals surface area contributed by atoms with Crippen molar-refractivity contribution in [2.45, 2.75) is 45.4 Å². The number of hydrogen-bond acceptors (Lipinski definition) is 4. The molecule has 1 aliphatic rings. The average molecular weight is 244 g/mol. The molecule has 0 aromatic carbocycles. The summed E-state index contributed by atoms with van der Waals surface area (Å²) in [6, 6.07) is 0.246. The summed E-state index contributed by atoms with van der Waals surface area (Å²) >= 11 is 0. The number of ether oxygens (including phenoxy) is 2. The van der Waals surface area contributed by atoms with E-state index in [0.29, 0.717) is 13.2 Å². The van der Waals surface area contributed by atoms with E-state index in [1.54, 1.807) is 7.11 Å². The van der Waals surface area contributed by atoms with Gasteiger partial charge in [-0.3, -0.25) is 4.79 Å². The van der Waals surface area contributed by atoms with Crippen molar-refractivity contribution in [2.75, 3.05) is 20.3 Å². The normalized spacial score (nSPS) is 28.8. The van der Waals surface area contributed by atoms with E-state index in [2.05, 4.69) is 5.32 Å². The summed E-state index contributed by atoms with van der Waals surface area (Å²) in [7, 11) is 1.68. The molecule has 1 saturated carbocycles. The van der Waals surface area contributed by atoms with Crippen molar-refractivity contribution < 1.29 is 14.3 Å². The van der Waals surface area contributed by atoms with Crippen molar-refractivity contribution >= 4 is 5.91 Å². The van der Waals surface area contributed by atoms with E-state index >= 15 is 0 Å². The lowest BCUT2D eigenvalue weighted by molar-refractivity contribution is -0.135. The molecule has 5 nitrogen and oxygen atoms in total. The molecular formula is C12H24N2O3. The summed E-state index contributed by atoms with van der Waals surface area (Å²) in [5.74, 6) is -0.292. The Hall–Kier alpha value is -0.650. The van der Waals surface area contributed by atoms with Gasteiger partial charge >= 0.3 is 0 Å². The average Bonchev–Trinajstić information content (AvgIpc) is 2.22. The summed E-state index contributed by atoms with van der Waals surface area (Å²) < 4.78 is 10.9. The minimum Gasteiger partial charge on any atom is -0.377 e. The van der Waals surface area contributed by atoms with Crippen molar-refractivity contribution in [3.8, 4) is 0 Å². The van der Waals surface area contributed by atoms with Crippen LogP contribution in [0.1, 0.15) is 27.2 Å². The number of carbonyl (C=O) groups is 1. The van der Waals surface area contributed by atoms with Crippen LogP contribution in [0, 0.1) is 5.41 Å². The molecule has 0 heterocycles. The molecule has 3 unspecified atom stereocenters. The molecule has 0 aromatic heterocycles.